The summed E-state index contributed by atoms with van der Waals surface area (Å²) >= 11 is 6.17. The van der Waals surface area contributed by atoms with Crippen LogP contribution in [0.3, 0.4) is 0 Å². The summed E-state index contributed by atoms with van der Waals surface area (Å²) in [4.78, 5) is 21.0. The molecule has 146 valence electrons. The molecule has 1 aliphatic rings. The minimum absolute atomic E-state index is 0.120. The Bertz CT molecular complexity index is 845. The maximum atomic E-state index is 12.8. The summed E-state index contributed by atoms with van der Waals surface area (Å²) in [5, 5.41) is 4.24. The van der Waals surface area contributed by atoms with E-state index in [2.05, 4.69) is 15.3 Å². The molecule has 3 rings (SSSR count). The van der Waals surface area contributed by atoms with Crippen LogP contribution in [0.25, 0.3) is 10.9 Å². The van der Waals surface area contributed by atoms with Crippen LogP contribution in [0.1, 0.15) is 33.6 Å². The molecule has 8 heteroatoms. The second-order valence-corrected chi connectivity index (χ2v) is 7.95. The number of carbonyl (C=O) groups excluding carboxylic acids is 1. The number of halogens is 1. The van der Waals surface area contributed by atoms with Gasteiger partial charge in [0.2, 0.25) is 0 Å². The number of carbonyl (C=O) groups is 1. The van der Waals surface area contributed by atoms with Gasteiger partial charge in [-0.05, 0) is 46.2 Å². The lowest BCUT2D eigenvalue weighted by Gasteiger charge is -2.31. The average Bonchev–Trinajstić information content (AvgIpc) is 3.08. The fourth-order valence-electron chi connectivity index (χ4n) is 3.04. The maximum absolute atomic E-state index is 12.8. The average molecular weight is 394 g/mol. The quantitative estimate of drug-likeness (QED) is 0.617. The highest BCUT2D eigenvalue weighted by Crippen LogP contribution is 2.35. The fraction of sp³-hybridized carbons (Fsp3) is 0.526. The van der Waals surface area contributed by atoms with Gasteiger partial charge in [-0.15, -0.1) is 0 Å². The summed E-state index contributed by atoms with van der Waals surface area (Å²) < 4.78 is 17.0. The molecule has 1 fully saturated rings. The van der Waals surface area contributed by atoms with Crippen LogP contribution in [0.5, 0.6) is 11.5 Å². The first kappa shape index (κ1) is 19.6. The molecule has 1 atom stereocenters. The lowest BCUT2D eigenvalue weighted by Crippen LogP contribution is -2.54. The van der Waals surface area contributed by atoms with Gasteiger partial charge in [-0.25, -0.2) is 14.8 Å². The Morgan fingerprint density at radius 2 is 2.07 bits per heavy atom. The van der Waals surface area contributed by atoms with Gasteiger partial charge < -0.3 is 14.2 Å². The minimum Gasteiger partial charge on any atom is -0.493 e. The van der Waals surface area contributed by atoms with Crippen molar-refractivity contribution in [2.45, 2.75) is 44.8 Å². The lowest BCUT2D eigenvalue weighted by atomic mass is 9.98. The molecule has 1 aromatic heterocycles. The number of aromatic nitrogens is 2. The van der Waals surface area contributed by atoms with Gasteiger partial charge in [-0.3, -0.25) is 5.32 Å². The van der Waals surface area contributed by atoms with Gasteiger partial charge >= 0.3 is 5.97 Å². The molecule has 0 bridgehead atoms. The summed E-state index contributed by atoms with van der Waals surface area (Å²) in [7, 11) is 1.55. The molecule has 1 N–H and O–H groups in total. The molecule has 2 aromatic rings. The Balaban J connectivity index is 1.87. The number of nitrogens with zero attached hydrogens (tertiary/aromatic N) is 2. The summed E-state index contributed by atoms with van der Waals surface area (Å²) in [5.41, 5.74) is -0.801. The van der Waals surface area contributed by atoms with E-state index in [1.54, 1.807) is 19.2 Å². The van der Waals surface area contributed by atoms with Crippen molar-refractivity contribution in [1.82, 2.24) is 15.3 Å². The fourth-order valence-corrected chi connectivity index (χ4v) is 3.24. The molecule has 0 radical (unpaired) electrons. The van der Waals surface area contributed by atoms with Gasteiger partial charge in [-0.1, -0.05) is 11.6 Å². The van der Waals surface area contributed by atoms with Gasteiger partial charge in [0.1, 0.15) is 23.7 Å². The van der Waals surface area contributed by atoms with E-state index < -0.39 is 11.1 Å². The second-order valence-electron chi connectivity index (χ2n) is 7.59. The number of methoxy groups -OCH3 is 1. The third kappa shape index (κ3) is 4.25. The van der Waals surface area contributed by atoms with Crippen LogP contribution in [0.2, 0.25) is 5.15 Å². The van der Waals surface area contributed by atoms with E-state index in [9.17, 15) is 4.79 Å². The summed E-state index contributed by atoms with van der Waals surface area (Å²) in [6.45, 7) is 6.40. The number of benzene rings is 1. The van der Waals surface area contributed by atoms with Gasteiger partial charge in [0.25, 0.3) is 0 Å². The predicted octanol–water partition coefficient (Wildman–Crippen LogP) is 3.13. The molecule has 1 saturated heterocycles. The minimum atomic E-state index is -0.885. The van der Waals surface area contributed by atoms with Crippen LogP contribution in [0.15, 0.2) is 18.5 Å². The number of rotatable bonds is 5. The summed E-state index contributed by atoms with van der Waals surface area (Å²) in [6, 6.07) is 3.47. The Hall–Kier alpha value is -2.12. The lowest BCUT2D eigenvalue weighted by molar-refractivity contribution is -0.164. The van der Waals surface area contributed by atoms with Crippen molar-refractivity contribution in [3.8, 4) is 11.5 Å². The first-order chi connectivity index (χ1) is 12.7. The van der Waals surface area contributed by atoms with E-state index in [0.29, 0.717) is 34.0 Å². The van der Waals surface area contributed by atoms with E-state index in [4.69, 9.17) is 25.8 Å². The standard InChI is InChI=1S/C19H24ClN3O4/c1-18(2,3)27-17(24)19(6-5-7-23-19)10-26-15-8-12-13(9-14(15)25-4)21-11-22-16(12)20/h8-9,11,23H,5-7,10H2,1-4H3/t19-/m0/s1. The Labute approximate surface area is 163 Å². The van der Waals surface area contributed by atoms with Crippen molar-refractivity contribution in [2.24, 2.45) is 0 Å². The van der Waals surface area contributed by atoms with Crippen LogP contribution in [0, 0.1) is 0 Å². The molecule has 2 heterocycles. The van der Waals surface area contributed by atoms with Crippen molar-refractivity contribution in [3.63, 3.8) is 0 Å². The molecule has 1 aromatic carbocycles. The van der Waals surface area contributed by atoms with Crippen molar-refractivity contribution in [1.29, 1.82) is 0 Å². The zero-order chi connectivity index (χ0) is 19.7. The Kier molecular flexibility index (Phi) is 5.44. The van der Waals surface area contributed by atoms with Crippen LogP contribution >= 0.6 is 11.6 Å². The van der Waals surface area contributed by atoms with Gasteiger partial charge in [0.15, 0.2) is 17.0 Å². The largest absolute Gasteiger partial charge is 0.493 e. The number of ether oxygens (including phenoxy) is 3. The molecule has 0 amide bonds. The van der Waals surface area contributed by atoms with Crippen molar-refractivity contribution < 1.29 is 19.0 Å². The zero-order valence-electron chi connectivity index (χ0n) is 16.0. The number of fused-ring (bicyclic) bond motifs is 1. The van der Waals surface area contributed by atoms with Crippen molar-refractivity contribution in [3.05, 3.63) is 23.6 Å². The van der Waals surface area contributed by atoms with Crippen molar-refractivity contribution in [2.75, 3.05) is 20.3 Å². The smallest absolute Gasteiger partial charge is 0.330 e. The highest BCUT2D eigenvalue weighted by molar-refractivity contribution is 6.34. The van der Waals surface area contributed by atoms with E-state index in [1.807, 2.05) is 20.8 Å². The highest BCUT2D eigenvalue weighted by Gasteiger charge is 2.45. The van der Waals surface area contributed by atoms with Crippen LogP contribution < -0.4 is 14.8 Å². The number of hydrogen-bond acceptors (Lipinski definition) is 7. The summed E-state index contributed by atoms with van der Waals surface area (Å²) in [5.74, 6) is 0.668. The second kappa shape index (κ2) is 7.48. The number of esters is 1. The van der Waals surface area contributed by atoms with E-state index in [-0.39, 0.29) is 12.6 Å². The monoisotopic (exact) mass is 393 g/mol. The number of nitrogens with one attached hydrogen (secondary N) is 1. The third-order valence-corrected chi connectivity index (χ3v) is 4.68. The maximum Gasteiger partial charge on any atom is 0.330 e. The normalized spacial score (nSPS) is 19.9. The van der Waals surface area contributed by atoms with E-state index in [1.165, 1.54) is 6.33 Å². The molecule has 7 nitrogen and oxygen atoms in total. The SMILES string of the molecule is COc1cc2ncnc(Cl)c2cc1OC[C@]1(C(=O)OC(C)(C)C)CCCN1. The molecule has 0 aliphatic carbocycles. The van der Waals surface area contributed by atoms with Gasteiger partial charge in [-0.2, -0.15) is 0 Å². The van der Waals surface area contributed by atoms with Crippen LogP contribution in [-0.4, -0.2) is 47.3 Å². The van der Waals surface area contributed by atoms with Gasteiger partial charge in [0.05, 0.1) is 12.6 Å². The van der Waals surface area contributed by atoms with Crippen LogP contribution in [-0.2, 0) is 9.53 Å². The Morgan fingerprint density at radius 3 is 2.70 bits per heavy atom. The first-order valence-corrected chi connectivity index (χ1v) is 9.21. The highest BCUT2D eigenvalue weighted by atomic mass is 35.5. The first-order valence-electron chi connectivity index (χ1n) is 8.84. The predicted molar refractivity (Wildman–Crippen MR) is 102 cm³/mol. The zero-order valence-corrected chi connectivity index (χ0v) is 16.7. The molecule has 27 heavy (non-hydrogen) atoms. The molecular weight excluding hydrogens is 370 g/mol. The third-order valence-electron chi connectivity index (χ3n) is 4.38. The van der Waals surface area contributed by atoms with E-state index >= 15 is 0 Å². The number of hydrogen-bond donors (Lipinski definition) is 1. The molecular formula is C19H24ClN3O4. The van der Waals surface area contributed by atoms with Crippen molar-refractivity contribution >= 4 is 28.5 Å². The van der Waals surface area contributed by atoms with E-state index in [0.717, 1.165) is 13.0 Å². The van der Waals surface area contributed by atoms with Gasteiger partial charge in [0, 0.05) is 11.5 Å². The molecule has 0 unspecified atom stereocenters. The summed E-state index contributed by atoms with van der Waals surface area (Å²) in [6.07, 6.45) is 2.91. The molecule has 0 spiro atoms. The molecule has 1 aliphatic heterocycles. The van der Waals surface area contributed by atoms with Crippen LogP contribution in [0.4, 0.5) is 0 Å². The Morgan fingerprint density at radius 1 is 1.30 bits per heavy atom. The topological polar surface area (TPSA) is 82.6 Å². The molecule has 0 saturated carbocycles.